The minimum absolute atomic E-state index is 0.101. The standard InChI is InChI=1S/C9H16O4/c1-8(2,3)9(6-7(10)11)12-4-5-13-9/h4-6H2,1-3H3,(H,10,11). The van der Waals surface area contributed by atoms with E-state index in [2.05, 4.69) is 0 Å². The number of hydrogen-bond donors (Lipinski definition) is 1. The fourth-order valence-corrected chi connectivity index (χ4v) is 1.45. The topological polar surface area (TPSA) is 55.8 Å². The molecule has 4 heteroatoms. The lowest BCUT2D eigenvalue weighted by Gasteiger charge is -2.38. The zero-order valence-electron chi connectivity index (χ0n) is 8.29. The molecule has 1 aliphatic rings. The van der Waals surface area contributed by atoms with E-state index in [0.717, 1.165) is 0 Å². The molecule has 1 N–H and O–H groups in total. The highest BCUT2D eigenvalue weighted by molar-refractivity contribution is 5.68. The van der Waals surface area contributed by atoms with E-state index in [4.69, 9.17) is 14.6 Å². The number of hydrogen-bond acceptors (Lipinski definition) is 3. The molecule has 1 aliphatic heterocycles. The van der Waals surface area contributed by atoms with Gasteiger partial charge in [-0.2, -0.15) is 0 Å². The van der Waals surface area contributed by atoms with Crippen LogP contribution in [0.2, 0.25) is 0 Å². The van der Waals surface area contributed by atoms with Gasteiger partial charge in [-0.3, -0.25) is 4.79 Å². The number of carboxylic acid groups (broad SMARTS) is 1. The highest BCUT2D eigenvalue weighted by atomic mass is 16.7. The van der Waals surface area contributed by atoms with Crippen molar-refractivity contribution in [1.82, 2.24) is 0 Å². The van der Waals surface area contributed by atoms with Gasteiger partial charge in [-0.15, -0.1) is 0 Å². The third-order valence-electron chi connectivity index (χ3n) is 2.28. The first-order valence-corrected chi connectivity index (χ1v) is 4.37. The third kappa shape index (κ3) is 2.00. The number of rotatable bonds is 2. The summed E-state index contributed by atoms with van der Waals surface area (Å²) in [5, 5.41) is 8.74. The highest BCUT2D eigenvalue weighted by Gasteiger charge is 2.48. The molecule has 0 aliphatic carbocycles. The van der Waals surface area contributed by atoms with Crippen LogP contribution < -0.4 is 0 Å². The monoisotopic (exact) mass is 188 g/mol. The molecule has 4 nitrogen and oxygen atoms in total. The van der Waals surface area contributed by atoms with Gasteiger partial charge in [-0.25, -0.2) is 0 Å². The lowest BCUT2D eigenvalue weighted by Crippen LogP contribution is -2.45. The van der Waals surface area contributed by atoms with E-state index < -0.39 is 11.8 Å². The fourth-order valence-electron chi connectivity index (χ4n) is 1.45. The second kappa shape index (κ2) is 3.27. The second-order valence-corrected chi connectivity index (χ2v) is 4.27. The van der Waals surface area contributed by atoms with Gasteiger partial charge in [0.15, 0.2) is 5.79 Å². The summed E-state index contributed by atoms with van der Waals surface area (Å²) in [6.45, 7) is 6.71. The quantitative estimate of drug-likeness (QED) is 0.708. The maximum atomic E-state index is 10.6. The molecule has 0 aromatic rings. The molecule has 0 aromatic heterocycles. The molecule has 1 rings (SSSR count). The van der Waals surface area contributed by atoms with E-state index in [1.54, 1.807) is 0 Å². The van der Waals surface area contributed by atoms with Crippen LogP contribution in [0.5, 0.6) is 0 Å². The van der Waals surface area contributed by atoms with Gasteiger partial charge in [0.2, 0.25) is 0 Å². The minimum Gasteiger partial charge on any atom is -0.481 e. The summed E-state index contributed by atoms with van der Waals surface area (Å²) in [5.74, 6) is -1.84. The summed E-state index contributed by atoms with van der Waals surface area (Å²) in [6.07, 6.45) is -0.101. The van der Waals surface area contributed by atoms with Crippen molar-refractivity contribution in [2.45, 2.75) is 33.0 Å². The van der Waals surface area contributed by atoms with Gasteiger partial charge in [0.05, 0.1) is 19.6 Å². The van der Waals surface area contributed by atoms with Crippen LogP contribution >= 0.6 is 0 Å². The molecule has 1 saturated heterocycles. The maximum absolute atomic E-state index is 10.6. The smallest absolute Gasteiger partial charge is 0.308 e. The van der Waals surface area contributed by atoms with Crippen LogP contribution in [0.15, 0.2) is 0 Å². The predicted molar refractivity (Wildman–Crippen MR) is 46.3 cm³/mol. The Kier molecular flexibility index (Phi) is 2.63. The van der Waals surface area contributed by atoms with E-state index >= 15 is 0 Å². The molecule has 0 aromatic carbocycles. The SMILES string of the molecule is CC(C)(C)C1(CC(=O)O)OCCO1. The average molecular weight is 188 g/mol. The second-order valence-electron chi connectivity index (χ2n) is 4.27. The van der Waals surface area contributed by atoms with Gasteiger partial charge in [0, 0.05) is 5.41 Å². The van der Waals surface area contributed by atoms with Gasteiger partial charge in [-0.1, -0.05) is 20.8 Å². The Hall–Kier alpha value is -0.610. The summed E-state index contributed by atoms with van der Waals surface area (Å²) < 4.78 is 10.8. The normalized spacial score (nSPS) is 21.8. The van der Waals surface area contributed by atoms with E-state index in [0.29, 0.717) is 13.2 Å². The van der Waals surface area contributed by atoms with Gasteiger partial charge < -0.3 is 14.6 Å². The van der Waals surface area contributed by atoms with Crippen LogP contribution in [0.1, 0.15) is 27.2 Å². The Morgan fingerprint density at radius 2 is 1.85 bits per heavy atom. The predicted octanol–water partition coefficient (Wildman–Crippen LogP) is 1.25. The van der Waals surface area contributed by atoms with E-state index in [1.807, 2.05) is 20.8 Å². The Morgan fingerprint density at radius 3 is 2.15 bits per heavy atom. The van der Waals surface area contributed by atoms with Gasteiger partial charge >= 0.3 is 5.97 Å². The van der Waals surface area contributed by atoms with Crippen molar-refractivity contribution in [3.8, 4) is 0 Å². The zero-order valence-corrected chi connectivity index (χ0v) is 8.29. The Morgan fingerprint density at radius 1 is 1.38 bits per heavy atom. The Balaban J connectivity index is 2.81. The average Bonchev–Trinajstić information content (AvgIpc) is 2.33. The van der Waals surface area contributed by atoms with Crippen molar-refractivity contribution in [2.75, 3.05) is 13.2 Å². The van der Waals surface area contributed by atoms with Crippen LogP contribution in [-0.2, 0) is 14.3 Å². The summed E-state index contributed by atoms with van der Waals surface area (Å²) in [7, 11) is 0. The van der Waals surface area contributed by atoms with Crippen LogP contribution in [0.3, 0.4) is 0 Å². The van der Waals surface area contributed by atoms with Crippen molar-refractivity contribution in [1.29, 1.82) is 0 Å². The molecule has 0 unspecified atom stereocenters. The molecule has 0 bridgehead atoms. The summed E-state index contributed by atoms with van der Waals surface area (Å²) in [5.41, 5.74) is -0.318. The van der Waals surface area contributed by atoms with E-state index in [1.165, 1.54) is 0 Å². The number of ether oxygens (including phenoxy) is 2. The van der Waals surface area contributed by atoms with E-state index in [-0.39, 0.29) is 11.8 Å². The van der Waals surface area contributed by atoms with Crippen molar-refractivity contribution in [2.24, 2.45) is 5.41 Å². The molecule has 0 amide bonds. The van der Waals surface area contributed by atoms with E-state index in [9.17, 15) is 4.79 Å². The molecule has 0 radical (unpaired) electrons. The number of carboxylic acids is 1. The molecular weight excluding hydrogens is 172 g/mol. The molecule has 1 fully saturated rings. The molecule has 1 heterocycles. The van der Waals surface area contributed by atoms with Gasteiger partial charge in [0.25, 0.3) is 0 Å². The molecular formula is C9H16O4. The minimum atomic E-state index is -0.946. The largest absolute Gasteiger partial charge is 0.481 e. The van der Waals surface area contributed by atoms with Crippen molar-refractivity contribution in [3.63, 3.8) is 0 Å². The lowest BCUT2D eigenvalue weighted by atomic mass is 9.83. The first-order chi connectivity index (χ1) is 5.87. The summed E-state index contributed by atoms with van der Waals surface area (Å²) >= 11 is 0. The Bertz CT molecular complexity index is 198. The van der Waals surface area contributed by atoms with Crippen molar-refractivity contribution in [3.05, 3.63) is 0 Å². The summed E-state index contributed by atoms with van der Waals surface area (Å²) in [6, 6.07) is 0. The van der Waals surface area contributed by atoms with Crippen LogP contribution in [0.4, 0.5) is 0 Å². The van der Waals surface area contributed by atoms with Crippen LogP contribution in [0.25, 0.3) is 0 Å². The molecule has 76 valence electrons. The maximum Gasteiger partial charge on any atom is 0.308 e. The lowest BCUT2D eigenvalue weighted by molar-refractivity contribution is -0.229. The molecule has 13 heavy (non-hydrogen) atoms. The first-order valence-electron chi connectivity index (χ1n) is 4.37. The van der Waals surface area contributed by atoms with Gasteiger partial charge in [-0.05, 0) is 0 Å². The van der Waals surface area contributed by atoms with Crippen molar-refractivity contribution >= 4 is 5.97 Å². The first kappa shape index (κ1) is 10.5. The zero-order chi connectivity index (χ0) is 10.1. The number of carbonyl (C=O) groups is 1. The highest BCUT2D eigenvalue weighted by Crippen LogP contribution is 2.40. The fraction of sp³-hybridized carbons (Fsp3) is 0.889. The molecule has 0 saturated carbocycles. The van der Waals surface area contributed by atoms with Gasteiger partial charge in [0.1, 0.15) is 0 Å². The molecule has 0 atom stereocenters. The van der Waals surface area contributed by atoms with Crippen LogP contribution in [-0.4, -0.2) is 30.1 Å². The Labute approximate surface area is 77.8 Å². The van der Waals surface area contributed by atoms with Crippen molar-refractivity contribution < 1.29 is 19.4 Å². The summed E-state index contributed by atoms with van der Waals surface area (Å²) in [4.78, 5) is 10.6. The number of aliphatic carboxylic acids is 1. The molecule has 0 spiro atoms. The van der Waals surface area contributed by atoms with Crippen LogP contribution in [0, 0.1) is 5.41 Å². The third-order valence-corrected chi connectivity index (χ3v) is 2.28.